The van der Waals surface area contributed by atoms with E-state index < -0.39 is 5.97 Å². The first-order chi connectivity index (χ1) is 9.01. The molecule has 0 aromatic heterocycles. The minimum absolute atomic E-state index is 0.0129. The Morgan fingerprint density at radius 1 is 1.32 bits per heavy atom. The van der Waals surface area contributed by atoms with Crippen molar-refractivity contribution in [3.8, 4) is 0 Å². The first-order valence-electron chi connectivity index (χ1n) is 5.61. The summed E-state index contributed by atoms with van der Waals surface area (Å²) < 4.78 is 0. The molecule has 0 aliphatic heterocycles. The van der Waals surface area contributed by atoms with Crippen LogP contribution in [-0.4, -0.2) is 41.5 Å². The van der Waals surface area contributed by atoms with E-state index in [1.54, 1.807) is 30.3 Å². The fourth-order valence-electron chi connectivity index (χ4n) is 1.50. The summed E-state index contributed by atoms with van der Waals surface area (Å²) in [5, 5.41) is 12.0. The number of hydrogen-bond donors (Lipinski definition) is 2. The van der Waals surface area contributed by atoms with E-state index >= 15 is 0 Å². The number of amides is 1. The van der Waals surface area contributed by atoms with Crippen LogP contribution in [0.25, 0.3) is 0 Å². The highest BCUT2D eigenvalue weighted by molar-refractivity contribution is 6.30. The number of rotatable bonds is 7. The molecule has 0 bridgehead atoms. The molecule has 0 aliphatic rings. The zero-order valence-corrected chi connectivity index (χ0v) is 11.1. The van der Waals surface area contributed by atoms with Gasteiger partial charge in [0.05, 0.1) is 13.1 Å². The Balaban J connectivity index is 2.54. The maximum atomic E-state index is 11.8. The third-order valence-electron chi connectivity index (χ3n) is 2.24. The summed E-state index contributed by atoms with van der Waals surface area (Å²) in [6.45, 7) is 3.64. The molecule has 0 radical (unpaired) electrons. The quantitative estimate of drug-likeness (QED) is 0.749. The maximum Gasteiger partial charge on any atom is 0.317 e. The monoisotopic (exact) mass is 282 g/mol. The largest absolute Gasteiger partial charge is 0.480 e. The molecule has 5 nitrogen and oxygen atoms in total. The summed E-state index contributed by atoms with van der Waals surface area (Å²) in [6.07, 6.45) is 1.55. The Kier molecular flexibility index (Phi) is 6.05. The molecule has 0 atom stereocenters. The van der Waals surface area contributed by atoms with Crippen LogP contribution in [-0.2, 0) is 9.59 Å². The molecule has 1 amide bonds. The van der Waals surface area contributed by atoms with Crippen LogP contribution >= 0.6 is 11.6 Å². The molecule has 19 heavy (non-hydrogen) atoms. The smallest absolute Gasteiger partial charge is 0.317 e. The molecule has 0 saturated heterocycles. The van der Waals surface area contributed by atoms with Crippen molar-refractivity contribution < 1.29 is 14.7 Å². The summed E-state index contributed by atoms with van der Waals surface area (Å²) in [5.74, 6) is -1.27. The van der Waals surface area contributed by atoms with E-state index in [0.717, 1.165) is 0 Å². The molecule has 0 unspecified atom stereocenters. The van der Waals surface area contributed by atoms with Crippen LogP contribution in [0.15, 0.2) is 36.9 Å². The van der Waals surface area contributed by atoms with Gasteiger partial charge in [-0.2, -0.15) is 0 Å². The van der Waals surface area contributed by atoms with Gasteiger partial charge in [-0.1, -0.05) is 17.7 Å². The summed E-state index contributed by atoms with van der Waals surface area (Å²) >= 11 is 5.73. The van der Waals surface area contributed by atoms with Gasteiger partial charge in [0.15, 0.2) is 0 Å². The molecule has 1 aromatic carbocycles. The Morgan fingerprint density at radius 3 is 2.47 bits per heavy atom. The van der Waals surface area contributed by atoms with Crippen LogP contribution in [0.1, 0.15) is 0 Å². The number of hydrogen-bond acceptors (Lipinski definition) is 3. The molecule has 0 fully saturated rings. The zero-order chi connectivity index (χ0) is 14.3. The minimum atomic E-state index is -0.985. The van der Waals surface area contributed by atoms with Gasteiger partial charge < -0.3 is 10.4 Å². The molecule has 1 rings (SSSR count). The van der Waals surface area contributed by atoms with Gasteiger partial charge in [0.2, 0.25) is 5.91 Å². The van der Waals surface area contributed by atoms with Gasteiger partial charge in [-0.05, 0) is 24.3 Å². The fraction of sp³-hybridized carbons (Fsp3) is 0.231. The highest BCUT2D eigenvalue weighted by atomic mass is 35.5. The van der Waals surface area contributed by atoms with E-state index in [1.165, 1.54) is 4.90 Å². The van der Waals surface area contributed by atoms with Crippen LogP contribution in [0.2, 0.25) is 5.02 Å². The third-order valence-corrected chi connectivity index (χ3v) is 2.49. The number of carbonyl (C=O) groups excluding carboxylic acids is 1. The van der Waals surface area contributed by atoms with Crippen LogP contribution in [0.5, 0.6) is 0 Å². The second kappa shape index (κ2) is 7.56. The highest BCUT2D eigenvalue weighted by Crippen LogP contribution is 2.13. The summed E-state index contributed by atoms with van der Waals surface area (Å²) in [6, 6.07) is 6.68. The number of carboxylic acids is 1. The zero-order valence-electron chi connectivity index (χ0n) is 10.3. The van der Waals surface area contributed by atoms with Crippen molar-refractivity contribution in [2.24, 2.45) is 0 Å². The minimum Gasteiger partial charge on any atom is -0.480 e. The van der Waals surface area contributed by atoms with Crippen molar-refractivity contribution in [1.82, 2.24) is 4.90 Å². The first kappa shape index (κ1) is 15.2. The number of anilines is 1. The van der Waals surface area contributed by atoms with E-state index in [1.807, 2.05) is 0 Å². The predicted molar refractivity (Wildman–Crippen MR) is 74.4 cm³/mol. The van der Waals surface area contributed by atoms with Gasteiger partial charge in [-0.25, -0.2) is 0 Å². The lowest BCUT2D eigenvalue weighted by Crippen LogP contribution is -2.36. The number of benzene rings is 1. The molecule has 2 N–H and O–H groups in total. The highest BCUT2D eigenvalue weighted by Gasteiger charge is 2.12. The van der Waals surface area contributed by atoms with Crippen LogP contribution < -0.4 is 5.32 Å². The first-order valence-corrected chi connectivity index (χ1v) is 5.99. The van der Waals surface area contributed by atoms with Crippen LogP contribution in [0.4, 0.5) is 5.69 Å². The van der Waals surface area contributed by atoms with Crippen LogP contribution in [0, 0.1) is 0 Å². The van der Waals surface area contributed by atoms with Crippen molar-refractivity contribution in [3.63, 3.8) is 0 Å². The van der Waals surface area contributed by atoms with E-state index in [0.29, 0.717) is 17.3 Å². The number of nitrogens with one attached hydrogen (secondary N) is 1. The van der Waals surface area contributed by atoms with Gasteiger partial charge in [-0.3, -0.25) is 14.5 Å². The lowest BCUT2D eigenvalue weighted by Gasteiger charge is -2.17. The molecule has 102 valence electrons. The fourth-order valence-corrected chi connectivity index (χ4v) is 1.62. The van der Waals surface area contributed by atoms with E-state index in [4.69, 9.17) is 16.7 Å². The molecule has 0 heterocycles. The molecular formula is C13H15ClN2O3. The Labute approximate surface area is 116 Å². The van der Waals surface area contributed by atoms with Gasteiger partial charge in [0, 0.05) is 17.3 Å². The van der Waals surface area contributed by atoms with E-state index in [2.05, 4.69) is 11.9 Å². The average molecular weight is 283 g/mol. The standard InChI is InChI=1S/C13H15ClN2O3/c1-2-7-16(9-13(18)19)8-12(17)15-11-5-3-10(14)4-6-11/h2-6H,1,7-9H2,(H,15,17)(H,18,19). The van der Waals surface area contributed by atoms with Crippen LogP contribution in [0.3, 0.4) is 0 Å². The van der Waals surface area contributed by atoms with Crippen molar-refractivity contribution in [2.45, 2.75) is 0 Å². The van der Waals surface area contributed by atoms with Gasteiger partial charge in [-0.15, -0.1) is 6.58 Å². The molecule has 6 heteroatoms. The molecule has 0 spiro atoms. The predicted octanol–water partition coefficient (Wildman–Crippen LogP) is 1.85. The Bertz CT molecular complexity index is 459. The topological polar surface area (TPSA) is 69.6 Å². The van der Waals surface area contributed by atoms with E-state index in [-0.39, 0.29) is 19.0 Å². The van der Waals surface area contributed by atoms with Gasteiger partial charge >= 0.3 is 5.97 Å². The lowest BCUT2D eigenvalue weighted by molar-refractivity contribution is -0.138. The summed E-state index contributed by atoms with van der Waals surface area (Å²) in [7, 11) is 0. The normalized spacial score (nSPS) is 10.2. The molecule has 0 aliphatic carbocycles. The van der Waals surface area contributed by atoms with Crippen molar-refractivity contribution in [3.05, 3.63) is 41.9 Å². The summed E-state index contributed by atoms with van der Waals surface area (Å²) in [5.41, 5.74) is 0.614. The third kappa shape index (κ3) is 6.03. The van der Waals surface area contributed by atoms with E-state index in [9.17, 15) is 9.59 Å². The molecular weight excluding hydrogens is 268 g/mol. The van der Waals surface area contributed by atoms with Crippen molar-refractivity contribution >= 4 is 29.2 Å². The molecule has 0 saturated carbocycles. The second-order valence-electron chi connectivity index (χ2n) is 3.91. The second-order valence-corrected chi connectivity index (χ2v) is 4.34. The number of carbonyl (C=O) groups is 2. The Hall–Kier alpha value is -1.85. The number of nitrogens with zero attached hydrogens (tertiary/aromatic N) is 1. The average Bonchev–Trinajstić information content (AvgIpc) is 2.31. The molecule has 1 aromatic rings. The van der Waals surface area contributed by atoms with Crippen molar-refractivity contribution in [2.75, 3.05) is 25.0 Å². The number of halogens is 1. The lowest BCUT2D eigenvalue weighted by atomic mass is 10.3. The number of carboxylic acid groups (broad SMARTS) is 1. The SMILES string of the molecule is C=CCN(CC(=O)O)CC(=O)Nc1ccc(Cl)cc1. The van der Waals surface area contributed by atoms with Crippen molar-refractivity contribution in [1.29, 1.82) is 0 Å². The summed E-state index contributed by atoms with van der Waals surface area (Å²) in [4.78, 5) is 23.9. The Morgan fingerprint density at radius 2 is 1.95 bits per heavy atom. The van der Waals surface area contributed by atoms with Gasteiger partial charge in [0.25, 0.3) is 0 Å². The van der Waals surface area contributed by atoms with Gasteiger partial charge in [0.1, 0.15) is 0 Å². The maximum absolute atomic E-state index is 11.8. The number of aliphatic carboxylic acids is 1.